The zero-order valence-electron chi connectivity index (χ0n) is 20.9. The molecule has 0 radical (unpaired) electrons. The number of hydrogen-bond donors (Lipinski definition) is 3. The Morgan fingerprint density at radius 1 is 1.23 bits per heavy atom. The summed E-state index contributed by atoms with van der Waals surface area (Å²) < 4.78 is 41.1. The van der Waals surface area contributed by atoms with Gasteiger partial charge in [0.2, 0.25) is 5.84 Å². The molecule has 0 aliphatic rings. The number of alkyl halides is 3. The summed E-state index contributed by atoms with van der Waals surface area (Å²) in [5, 5.41) is 17.8. The van der Waals surface area contributed by atoms with Gasteiger partial charge in [-0.15, -0.1) is 5.10 Å². The highest BCUT2D eigenvalue weighted by Gasteiger charge is 2.41. The summed E-state index contributed by atoms with van der Waals surface area (Å²) in [6.45, 7) is 0.588. The van der Waals surface area contributed by atoms with Crippen molar-refractivity contribution in [1.82, 2.24) is 25.1 Å². The second-order valence-corrected chi connectivity index (χ2v) is 8.46. The van der Waals surface area contributed by atoms with Gasteiger partial charge >= 0.3 is 12.2 Å². The van der Waals surface area contributed by atoms with Gasteiger partial charge in [-0.3, -0.25) is 14.9 Å². The molecule has 208 valence electrons. The molecule has 1 atom stereocenters. The van der Waals surface area contributed by atoms with Gasteiger partial charge in [-0.2, -0.15) is 17.7 Å². The van der Waals surface area contributed by atoms with Gasteiger partial charge in [0.05, 0.1) is 18.4 Å². The Morgan fingerprint density at radius 2 is 1.90 bits per heavy atom. The van der Waals surface area contributed by atoms with Crippen LogP contribution in [0.25, 0.3) is 5.69 Å². The fourth-order valence-corrected chi connectivity index (χ4v) is 3.56. The zero-order chi connectivity index (χ0) is 28.7. The molecule has 11 nitrogen and oxygen atoms in total. The third kappa shape index (κ3) is 7.31. The van der Waals surface area contributed by atoms with E-state index in [1.165, 1.54) is 42.4 Å². The van der Waals surface area contributed by atoms with E-state index in [9.17, 15) is 27.9 Å². The first kappa shape index (κ1) is 29.5. The lowest BCUT2D eigenvalue weighted by Gasteiger charge is -2.19. The molecule has 0 unspecified atom stereocenters. The van der Waals surface area contributed by atoms with Gasteiger partial charge in [-0.1, -0.05) is 23.7 Å². The molecule has 0 fully saturated rings. The third-order valence-corrected chi connectivity index (χ3v) is 5.71. The Kier molecular flexibility index (Phi) is 9.61. The van der Waals surface area contributed by atoms with E-state index in [0.29, 0.717) is 21.8 Å². The monoisotopic (exact) mass is 568 g/mol. The molecule has 39 heavy (non-hydrogen) atoms. The third-order valence-electron chi connectivity index (χ3n) is 5.46. The van der Waals surface area contributed by atoms with E-state index in [2.05, 4.69) is 15.4 Å². The van der Waals surface area contributed by atoms with Crippen molar-refractivity contribution in [2.75, 3.05) is 20.2 Å². The number of aromatic nitrogens is 3. The molecule has 1 aromatic heterocycles. The number of urea groups is 1. The number of carbonyl (C=O) groups is 2. The van der Waals surface area contributed by atoms with E-state index < -0.39 is 30.8 Å². The van der Waals surface area contributed by atoms with Gasteiger partial charge in [0, 0.05) is 17.1 Å². The van der Waals surface area contributed by atoms with Crippen molar-refractivity contribution in [2.45, 2.75) is 25.7 Å². The topological polar surface area (TPSA) is 139 Å². The van der Waals surface area contributed by atoms with Crippen molar-refractivity contribution >= 4 is 29.4 Å². The van der Waals surface area contributed by atoms with Crippen LogP contribution in [-0.4, -0.2) is 79.8 Å². The largest absolute Gasteiger partial charge is 0.436 e. The van der Waals surface area contributed by atoms with Crippen molar-refractivity contribution in [3.63, 3.8) is 0 Å². The summed E-state index contributed by atoms with van der Waals surface area (Å²) in [5.41, 5.74) is 6.88. The Morgan fingerprint density at radius 3 is 2.51 bits per heavy atom. The number of para-hydroxylation sites is 1. The van der Waals surface area contributed by atoms with Gasteiger partial charge in [0.1, 0.15) is 19.4 Å². The summed E-state index contributed by atoms with van der Waals surface area (Å²) in [6.07, 6.45) is -6.52. The van der Waals surface area contributed by atoms with Crippen LogP contribution in [0.5, 0.6) is 0 Å². The van der Waals surface area contributed by atoms with Crippen LogP contribution >= 0.6 is 11.6 Å². The lowest BCUT2D eigenvalue weighted by Crippen LogP contribution is -2.47. The molecule has 2 aromatic carbocycles. The first-order valence-electron chi connectivity index (χ1n) is 11.5. The van der Waals surface area contributed by atoms with E-state index in [0.717, 1.165) is 5.06 Å². The van der Waals surface area contributed by atoms with Crippen molar-refractivity contribution in [2.24, 2.45) is 5.73 Å². The average Bonchev–Trinajstić information content (AvgIpc) is 3.39. The molecular formula is C24H26ClF3N7O4+. The molecular weight excluding hydrogens is 543 g/mol. The number of carbonyl (C=O) groups excluding carboxylic acids is 2. The van der Waals surface area contributed by atoms with Crippen LogP contribution in [0.4, 0.5) is 18.0 Å². The predicted octanol–water partition coefficient (Wildman–Crippen LogP) is 2.50. The van der Waals surface area contributed by atoms with Gasteiger partial charge < -0.3 is 10.8 Å². The first-order valence-corrected chi connectivity index (χ1v) is 11.9. The van der Waals surface area contributed by atoms with Crippen molar-refractivity contribution < 1.29 is 37.3 Å². The quantitative estimate of drug-likeness (QED) is 0.156. The number of amides is 3. The zero-order valence-corrected chi connectivity index (χ0v) is 21.6. The highest BCUT2D eigenvalue weighted by molar-refractivity contribution is 6.30. The molecule has 0 saturated heterocycles. The fourth-order valence-electron chi connectivity index (χ4n) is 3.43. The normalized spacial score (nSPS) is 13.0. The second kappa shape index (κ2) is 12.7. The van der Waals surface area contributed by atoms with E-state index in [-0.39, 0.29) is 29.3 Å². The van der Waals surface area contributed by atoms with Gasteiger partial charge in [0.15, 0.2) is 11.9 Å². The van der Waals surface area contributed by atoms with Crippen LogP contribution < -0.4 is 11.1 Å². The maximum Gasteiger partial charge on any atom is 0.436 e. The number of aliphatic hydroxyl groups excluding tert-OH is 1. The molecule has 0 bridgehead atoms. The number of halogens is 4. The fraction of sp³-hybridized carbons (Fsp3) is 0.292. The second-order valence-electron chi connectivity index (χ2n) is 8.02. The van der Waals surface area contributed by atoms with Gasteiger partial charge in [-0.25, -0.2) is 19.5 Å². The van der Waals surface area contributed by atoms with Crippen LogP contribution in [0.3, 0.4) is 0 Å². The summed E-state index contributed by atoms with van der Waals surface area (Å²) in [6, 6.07) is 11.3. The number of aliphatic hydroxyl groups is 1. The SMILES string of the molecule is CCN(OC)C(=O)c1ccccc1-n1cnc(CNC(=O)/[N+](C[C@H](O)C(F)(F)F)=C(\N)c2ccc(Cl)cc2)n1. The maximum absolute atomic E-state index is 13.1. The molecule has 3 amide bonds. The Balaban J connectivity index is 1.83. The maximum atomic E-state index is 13.1. The predicted molar refractivity (Wildman–Crippen MR) is 134 cm³/mol. The number of nitrogens with zero attached hydrogens (tertiary/aromatic N) is 5. The number of nitrogens with two attached hydrogens (primary N) is 1. The van der Waals surface area contributed by atoms with Crippen LogP contribution in [0, 0.1) is 0 Å². The molecule has 0 spiro atoms. The minimum absolute atomic E-state index is 0.0890. The smallest absolute Gasteiger partial charge is 0.381 e. The van der Waals surface area contributed by atoms with E-state index in [4.69, 9.17) is 22.2 Å². The molecule has 4 N–H and O–H groups in total. The van der Waals surface area contributed by atoms with Crippen molar-refractivity contribution in [3.8, 4) is 5.69 Å². The van der Waals surface area contributed by atoms with Crippen LogP contribution in [0.15, 0.2) is 54.9 Å². The van der Waals surface area contributed by atoms with Gasteiger partial charge in [0.25, 0.3) is 5.91 Å². The van der Waals surface area contributed by atoms with Crippen molar-refractivity contribution in [3.05, 3.63) is 76.8 Å². The van der Waals surface area contributed by atoms with Crippen LogP contribution in [0.1, 0.15) is 28.7 Å². The van der Waals surface area contributed by atoms with Crippen molar-refractivity contribution in [1.29, 1.82) is 0 Å². The Bertz CT molecular complexity index is 1340. The van der Waals surface area contributed by atoms with Crippen LogP contribution in [0.2, 0.25) is 5.02 Å². The van der Waals surface area contributed by atoms with E-state index in [1.807, 2.05) is 0 Å². The summed E-state index contributed by atoms with van der Waals surface area (Å²) in [7, 11) is 1.37. The highest BCUT2D eigenvalue weighted by atomic mass is 35.5. The van der Waals surface area contributed by atoms with Crippen LogP contribution in [-0.2, 0) is 11.4 Å². The number of rotatable bonds is 9. The molecule has 3 aromatic rings. The number of hydrogen-bond acceptors (Lipinski definition) is 6. The average molecular weight is 569 g/mol. The molecule has 0 saturated carbocycles. The van der Waals surface area contributed by atoms with E-state index in [1.54, 1.807) is 31.2 Å². The lowest BCUT2D eigenvalue weighted by molar-refractivity contribution is -0.455. The Hall–Kier alpha value is -4.01. The molecule has 0 aliphatic heterocycles. The summed E-state index contributed by atoms with van der Waals surface area (Å²) in [5.74, 6) is -0.656. The minimum Gasteiger partial charge on any atom is -0.381 e. The number of hydroxylamine groups is 2. The minimum atomic E-state index is -4.99. The molecule has 1 heterocycles. The van der Waals surface area contributed by atoms with Gasteiger partial charge in [-0.05, 0) is 43.3 Å². The molecule has 0 aliphatic carbocycles. The highest BCUT2D eigenvalue weighted by Crippen LogP contribution is 2.20. The number of amidine groups is 1. The van der Waals surface area contributed by atoms with E-state index >= 15 is 0 Å². The number of benzene rings is 2. The standard InChI is InChI=1S/C24H25ClF3N7O4/c1-3-35(39-2)22(37)17-6-4-5-7-18(17)34-14-31-20(32-34)12-30-23(38)33(13-19(36)24(26,27)28)21(29)15-8-10-16(25)11-9-15/h4-11,14,19,29,36H,3,12-13H2,1-2H3,(H,30,38)/p+1/t19-/m0/s1. The molecule has 15 heteroatoms. The number of nitrogens with one attached hydrogen (secondary N) is 1. The molecule has 3 rings (SSSR count). The first-order chi connectivity index (χ1) is 18.5. The summed E-state index contributed by atoms with van der Waals surface area (Å²) >= 11 is 5.85. The Labute approximate surface area is 226 Å². The summed E-state index contributed by atoms with van der Waals surface area (Å²) in [4.78, 5) is 34.9. The lowest BCUT2D eigenvalue weighted by atomic mass is 10.1.